The van der Waals surface area contributed by atoms with Gasteiger partial charge in [0.25, 0.3) is 0 Å². The molecule has 2 heterocycles. The minimum absolute atomic E-state index is 0.234. The fourth-order valence-electron chi connectivity index (χ4n) is 4.25. The fraction of sp³-hybridized carbons (Fsp3) is 0.579. The van der Waals surface area contributed by atoms with Gasteiger partial charge in [-0.3, -0.25) is 0 Å². The number of aromatic nitrogens is 3. The Morgan fingerprint density at radius 2 is 1.62 bits per heavy atom. The monoisotopic (exact) mass is 374 g/mol. The van der Waals surface area contributed by atoms with Gasteiger partial charge in [-0.15, -0.1) is 0 Å². The molecule has 6 nitrogen and oxygen atoms in total. The molecule has 0 spiro atoms. The molecule has 0 radical (unpaired) electrons. The summed E-state index contributed by atoms with van der Waals surface area (Å²) in [6, 6.07) is 7.86. The van der Waals surface area contributed by atoms with Crippen molar-refractivity contribution in [2.45, 2.75) is 61.8 Å². The maximum atomic E-state index is 13.0. The molecular weight excluding hydrogens is 348 g/mol. The van der Waals surface area contributed by atoms with Crippen LogP contribution in [0.25, 0.3) is 0 Å². The van der Waals surface area contributed by atoms with E-state index in [0.717, 1.165) is 12.8 Å². The second-order valence-corrected chi connectivity index (χ2v) is 9.35. The van der Waals surface area contributed by atoms with E-state index in [4.69, 9.17) is 0 Å². The van der Waals surface area contributed by atoms with Crippen molar-refractivity contribution in [1.29, 1.82) is 0 Å². The zero-order chi connectivity index (χ0) is 18.0. The van der Waals surface area contributed by atoms with Crippen molar-refractivity contribution >= 4 is 10.0 Å². The van der Waals surface area contributed by atoms with Gasteiger partial charge in [-0.1, -0.05) is 31.4 Å². The van der Waals surface area contributed by atoms with Crippen LogP contribution in [0.2, 0.25) is 0 Å². The summed E-state index contributed by atoms with van der Waals surface area (Å²) in [5, 5.41) is 4.18. The molecule has 0 atom stereocenters. The van der Waals surface area contributed by atoms with Crippen LogP contribution in [0, 0.1) is 0 Å². The smallest absolute Gasteiger partial charge is 0.243 e. The largest absolute Gasteiger partial charge is 0.250 e. The van der Waals surface area contributed by atoms with Gasteiger partial charge in [0.2, 0.25) is 10.0 Å². The predicted molar refractivity (Wildman–Crippen MR) is 99.3 cm³/mol. The molecule has 1 aromatic heterocycles. The van der Waals surface area contributed by atoms with Gasteiger partial charge in [0.1, 0.15) is 12.7 Å². The summed E-state index contributed by atoms with van der Waals surface area (Å²) < 4.78 is 29.4. The third-order valence-electron chi connectivity index (χ3n) is 5.83. The molecule has 4 rings (SSSR count). The van der Waals surface area contributed by atoms with E-state index in [0.29, 0.717) is 23.9 Å². The Bertz CT molecular complexity index is 804. The lowest BCUT2D eigenvalue weighted by Crippen LogP contribution is -2.39. The van der Waals surface area contributed by atoms with E-state index in [-0.39, 0.29) is 6.04 Å². The van der Waals surface area contributed by atoms with Crippen LogP contribution in [0.3, 0.4) is 0 Å². The average molecular weight is 375 g/mol. The third-order valence-corrected chi connectivity index (χ3v) is 7.74. The van der Waals surface area contributed by atoms with Crippen LogP contribution in [0.5, 0.6) is 0 Å². The normalized spacial score (nSPS) is 21.1. The molecule has 1 aliphatic heterocycles. The van der Waals surface area contributed by atoms with Crippen LogP contribution < -0.4 is 0 Å². The van der Waals surface area contributed by atoms with Gasteiger partial charge in [-0.05, 0) is 49.3 Å². The van der Waals surface area contributed by atoms with Crippen molar-refractivity contribution in [3.8, 4) is 0 Å². The summed E-state index contributed by atoms with van der Waals surface area (Å²) in [7, 11) is -3.41. The number of hydrogen-bond donors (Lipinski definition) is 0. The lowest BCUT2D eigenvalue weighted by molar-refractivity contribution is 0.260. The number of rotatable bonds is 4. The van der Waals surface area contributed by atoms with Gasteiger partial charge in [0, 0.05) is 13.1 Å². The highest BCUT2D eigenvalue weighted by Crippen LogP contribution is 2.33. The predicted octanol–water partition coefficient (Wildman–Crippen LogP) is 3.35. The van der Waals surface area contributed by atoms with E-state index < -0.39 is 10.0 Å². The van der Waals surface area contributed by atoms with Gasteiger partial charge in [-0.25, -0.2) is 18.1 Å². The first kappa shape index (κ1) is 17.7. The third kappa shape index (κ3) is 3.55. The summed E-state index contributed by atoms with van der Waals surface area (Å²) >= 11 is 0. The van der Waals surface area contributed by atoms with Crippen molar-refractivity contribution in [2.24, 2.45) is 0 Å². The molecule has 1 aliphatic carbocycles. The van der Waals surface area contributed by atoms with Gasteiger partial charge < -0.3 is 0 Å². The molecule has 26 heavy (non-hydrogen) atoms. The highest BCUT2D eigenvalue weighted by molar-refractivity contribution is 7.89. The van der Waals surface area contributed by atoms with E-state index in [2.05, 4.69) is 10.1 Å². The standard InChI is InChI=1S/C19H26N4O2S/c24-26(25,22-12-10-18(11-13-22)23-15-20-14-21-23)19-8-6-17(7-9-19)16-4-2-1-3-5-16/h6-9,14-16,18H,1-5,10-13H2. The fourth-order valence-corrected chi connectivity index (χ4v) is 5.72. The Hall–Kier alpha value is -1.73. The van der Waals surface area contributed by atoms with Crippen LogP contribution >= 0.6 is 0 Å². The minimum atomic E-state index is -3.41. The number of nitrogens with zero attached hydrogens (tertiary/aromatic N) is 4. The highest BCUT2D eigenvalue weighted by atomic mass is 32.2. The van der Waals surface area contributed by atoms with E-state index in [9.17, 15) is 8.42 Å². The molecule has 0 unspecified atom stereocenters. The van der Waals surface area contributed by atoms with E-state index >= 15 is 0 Å². The van der Waals surface area contributed by atoms with Crippen LogP contribution in [0.4, 0.5) is 0 Å². The maximum Gasteiger partial charge on any atom is 0.243 e. The first-order valence-electron chi connectivity index (χ1n) is 9.59. The Morgan fingerprint density at radius 1 is 0.923 bits per heavy atom. The molecule has 1 aromatic carbocycles. The summed E-state index contributed by atoms with van der Waals surface area (Å²) in [5.74, 6) is 0.596. The molecule has 140 valence electrons. The van der Waals surface area contributed by atoms with Crippen LogP contribution in [0.1, 0.15) is 62.5 Å². The highest BCUT2D eigenvalue weighted by Gasteiger charge is 2.30. The molecule has 7 heteroatoms. The molecule has 0 bridgehead atoms. The minimum Gasteiger partial charge on any atom is -0.250 e. The van der Waals surface area contributed by atoms with E-state index in [1.54, 1.807) is 22.8 Å². The molecule has 0 N–H and O–H groups in total. The number of sulfonamides is 1. The first-order valence-corrected chi connectivity index (χ1v) is 11.0. The Balaban J connectivity index is 1.43. The maximum absolute atomic E-state index is 13.0. The number of hydrogen-bond acceptors (Lipinski definition) is 4. The number of benzene rings is 1. The topological polar surface area (TPSA) is 68.1 Å². The molecule has 2 fully saturated rings. The molecule has 1 saturated heterocycles. The SMILES string of the molecule is O=S(=O)(c1ccc(C2CCCCC2)cc1)N1CCC(n2cncn2)CC1. The Labute approximate surface area is 155 Å². The molecule has 1 saturated carbocycles. The van der Waals surface area contributed by atoms with E-state index in [1.165, 1.54) is 44.0 Å². The summed E-state index contributed by atoms with van der Waals surface area (Å²) in [5.41, 5.74) is 1.29. The average Bonchev–Trinajstić information content (AvgIpc) is 3.24. The first-order chi connectivity index (χ1) is 12.6. The Morgan fingerprint density at radius 3 is 2.23 bits per heavy atom. The van der Waals surface area contributed by atoms with Crippen LogP contribution in [-0.2, 0) is 10.0 Å². The van der Waals surface area contributed by atoms with E-state index in [1.807, 2.05) is 16.8 Å². The summed E-state index contributed by atoms with van der Waals surface area (Å²) in [6.45, 7) is 1.05. The van der Waals surface area contributed by atoms with Crippen molar-refractivity contribution in [3.63, 3.8) is 0 Å². The lowest BCUT2D eigenvalue weighted by atomic mass is 9.84. The van der Waals surface area contributed by atoms with Gasteiger partial charge in [0.15, 0.2) is 0 Å². The lowest BCUT2D eigenvalue weighted by Gasteiger charge is -2.31. The second-order valence-electron chi connectivity index (χ2n) is 7.41. The summed E-state index contributed by atoms with van der Waals surface area (Å²) in [6.07, 6.45) is 11.1. The van der Waals surface area contributed by atoms with Gasteiger partial charge in [-0.2, -0.15) is 9.40 Å². The van der Waals surface area contributed by atoms with Crippen LogP contribution in [-0.4, -0.2) is 40.6 Å². The molecular formula is C19H26N4O2S. The second kappa shape index (κ2) is 7.48. The Kier molecular flexibility index (Phi) is 5.09. The van der Waals surface area contributed by atoms with Crippen LogP contribution in [0.15, 0.2) is 41.8 Å². The zero-order valence-corrected chi connectivity index (χ0v) is 15.8. The molecule has 0 amide bonds. The quantitative estimate of drug-likeness (QED) is 0.823. The van der Waals surface area contributed by atoms with Crippen molar-refractivity contribution in [3.05, 3.63) is 42.5 Å². The molecule has 2 aromatic rings. The summed E-state index contributed by atoms with van der Waals surface area (Å²) in [4.78, 5) is 4.39. The van der Waals surface area contributed by atoms with Crippen molar-refractivity contribution in [2.75, 3.05) is 13.1 Å². The van der Waals surface area contributed by atoms with Crippen molar-refractivity contribution < 1.29 is 8.42 Å². The van der Waals surface area contributed by atoms with Gasteiger partial charge >= 0.3 is 0 Å². The van der Waals surface area contributed by atoms with Gasteiger partial charge in [0.05, 0.1) is 10.9 Å². The molecule has 2 aliphatic rings. The van der Waals surface area contributed by atoms with Crippen molar-refractivity contribution in [1.82, 2.24) is 19.1 Å². The number of piperidine rings is 1. The zero-order valence-electron chi connectivity index (χ0n) is 15.0.